The fraction of sp³-hybridized carbons (Fsp3) is 0.500. The zero-order valence-electron chi connectivity index (χ0n) is 10.3. The third kappa shape index (κ3) is 1.53. The van der Waals surface area contributed by atoms with Gasteiger partial charge in [0.1, 0.15) is 10.7 Å². The van der Waals surface area contributed by atoms with E-state index in [9.17, 15) is 0 Å². The van der Waals surface area contributed by atoms with Crippen LogP contribution in [0.5, 0.6) is 0 Å². The summed E-state index contributed by atoms with van der Waals surface area (Å²) in [7, 11) is 0. The molecule has 5 heteroatoms. The Balaban J connectivity index is 2.30. The summed E-state index contributed by atoms with van der Waals surface area (Å²) in [6.45, 7) is 6.42. The number of hydrogen-bond donors (Lipinski definition) is 2. The Morgan fingerprint density at radius 2 is 2.00 bits per heavy atom. The van der Waals surface area contributed by atoms with E-state index in [0.717, 1.165) is 21.9 Å². The molecule has 0 bridgehead atoms. The second-order valence-corrected chi connectivity index (χ2v) is 6.27. The minimum Gasteiger partial charge on any atom is -0.308 e. The highest BCUT2D eigenvalue weighted by Gasteiger charge is 2.42. The van der Waals surface area contributed by atoms with Gasteiger partial charge in [0.15, 0.2) is 5.82 Å². The van der Waals surface area contributed by atoms with Crippen molar-refractivity contribution < 1.29 is 0 Å². The van der Waals surface area contributed by atoms with Gasteiger partial charge in [0, 0.05) is 10.3 Å². The number of hydrazine groups is 1. The highest BCUT2D eigenvalue weighted by molar-refractivity contribution is 7.18. The van der Waals surface area contributed by atoms with Crippen molar-refractivity contribution in [2.45, 2.75) is 39.0 Å². The third-order valence-electron chi connectivity index (χ3n) is 3.71. The Morgan fingerprint density at radius 3 is 2.59 bits per heavy atom. The van der Waals surface area contributed by atoms with Crippen LogP contribution in [0.15, 0.2) is 0 Å². The van der Waals surface area contributed by atoms with E-state index in [-0.39, 0.29) is 5.41 Å². The van der Waals surface area contributed by atoms with Crippen molar-refractivity contribution in [1.82, 2.24) is 9.97 Å². The maximum atomic E-state index is 5.59. The van der Waals surface area contributed by atoms with E-state index in [0.29, 0.717) is 0 Å². The van der Waals surface area contributed by atoms with E-state index in [2.05, 4.69) is 31.2 Å². The van der Waals surface area contributed by atoms with Gasteiger partial charge in [0.25, 0.3) is 0 Å². The number of nitrogen functional groups attached to an aromatic ring is 1. The Kier molecular flexibility index (Phi) is 2.18. The molecule has 0 atom stereocenters. The molecule has 1 saturated carbocycles. The molecule has 0 spiro atoms. The molecule has 1 aliphatic rings. The van der Waals surface area contributed by atoms with Crippen molar-refractivity contribution in [3.8, 4) is 0 Å². The maximum Gasteiger partial charge on any atom is 0.152 e. The molecule has 0 unspecified atom stereocenters. The van der Waals surface area contributed by atoms with Crippen molar-refractivity contribution in [2.75, 3.05) is 5.43 Å². The second-order valence-electron chi connectivity index (χ2n) is 5.06. The van der Waals surface area contributed by atoms with E-state index in [1.165, 1.54) is 23.3 Å². The van der Waals surface area contributed by atoms with Crippen LogP contribution in [0.3, 0.4) is 0 Å². The largest absolute Gasteiger partial charge is 0.308 e. The van der Waals surface area contributed by atoms with Gasteiger partial charge in [0.05, 0.1) is 5.39 Å². The number of nitrogens with two attached hydrogens (primary N) is 1. The summed E-state index contributed by atoms with van der Waals surface area (Å²) in [4.78, 5) is 11.6. The van der Waals surface area contributed by atoms with Gasteiger partial charge in [-0.2, -0.15) is 0 Å². The number of fused-ring (bicyclic) bond motifs is 1. The van der Waals surface area contributed by atoms with E-state index in [4.69, 9.17) is 10.8 Å². The molecule has 0 saturated heterocycles. The first-order valence-corrected chi connectivity index (χ1v) is 6.61. The lowest BCUT2D eigenvalue weighted by molar-refractivity contribution is 0.717. The Morgan fingerprint density at radius 1 is 1.29 bits per heavy atom. The van der Waals surface area contributed by atoms with Crippen LogP contribution in [0.25, 0.3) is 10.2 Å². The summed E-state index contributed by atoms with van der Waals surface area (Å²) >= 11 is 1.72. The number of rotatable bonds is 2. The Hall–Kier alpha value is -1.20. The number of thiophene rings is 1. The van der Waals surface area contributed by atoms with E-state index in [1.54, 1.807) is 11.3 Å². The molecule has 2 heterocycles. The molecule has 1 aliphatic carbocycles. The predicted molar refractivity (Wildman–Crippen MR) is 71.3 cm³/mol. The van der Waals surface area contributed by atoms with Gasteiger partial charge in [-0.05, 0) is 32.3 Å². The van der Waals surface area contributed by atoms with Crippen LogP contribution in [-0.2, 0) is 5.41 Å². The van der Waals surface area contributed by atoms with Crippen molar-refractivity contribution >= 4 is 27.4 Å². The molecule has 2 aromatic rings. The van der Waals surface area contributed by atoms with Gasteiger partial charge in [-0.3, -0.25) is 0 Å². The lowest BCUT2D eigenvalue weighted by Gasteiger charge is -2.10. The fourth-order valence-electron chi connectivity index (χ4n) is 2.04. The quantitative estimate of drug-likeness (QED) is 0.633. The number of nitrogens with zero attached hydrogens (tertiary/aromatic N) is 2. The van der Waals surface area contributed by atoms with Crippen LogP contribution in [0.2, 0.25) is 0 Å². The molecule has 3 rings (SSSR count). The molecule has 90 valence electrons. The zero-order chi connectivity index (χ0) is 12.2. The third-order valence-corrected chi connectivity index (χ3v) is 4.81. The van der Waals surface area contributed by atoms with E-state index < -0.39 is 0 Å². The standard InChI is InChI=1S/C12H16N4S/c1-6-7(2)17-10-8(6)9(16-13)14-11(15-10)12(3)4-5-12/h4-5,13H2,1-3H3,(H,14,15,16). The van der Waals surface area contributed by atoms with Gasteiger partial charge < -0.3 is 5.43 Å². The summed E-state index contributed by atoms with van der Waals surface area (Å²) < 4.78 is 0. The molecule has 4 nitrogen and oxygen atoms in total. The first-order chi connectivity index (χ1) is 8.05. The summed E-state index contributed by atoms with van der Waals surface area (Å²) in [5.74, 6) is 7.28. The molecule has 0 amide bonds. The monoisotopic (exact) mass is 248 g/mol. The van der Waals surface area contributed by atoms with E-state index in [1.807, 2.05) is 0 Å². The normalized spacial score (nSPS) is 17.4. The minimum absolute atomic E-state index is 0.172. The number of anilines is 1. The molecule has 0 aliphatic heterocycles. The summed E-state index contributed by atoms with van der Waals surface area (Å²) in [5.41, 5.74) is 4.12. The number of aromatic nitrogens is 2. The molecule has 17 heavy (non-hydrogen) atoms. The van der Waals surface area contributed by atoms with Crippen LogP contribution < -0.4 is 11.3 Å². The fourth-order valence-corrected chi connectivity index (χ4v) is 3.06. The van der Waals surface area contributed by atoms with Crippen molar-refractivity contribution in [3.05, 3.63) is 16.3 Å². The topological polar surface area (TPSA) is 63.8 Å². The Labute approximate surface area is 104 Å². The number of nitrogens with one attached hydrogen (secondary N) is 1. The molecular formula is C12H16N4S. The van der Waals surface area contributed by atoms with Crippen molar-refractivity contribution in [1.29, 1.82) is 0 Å². The SMILES string of the molecule is Cc1sc2nc(C3(C)CC3)nc(NN)c2c1C. The summed E-state index contributed by atoms with van der Waals surface area (Å²) in [6, 6.07) is 0. The number of aryl methyl sites for hydroxylation is 2. The molecule has 2 aromatic heterocycles. The lowest BCUT2D eigenvalue weighted by atomic mass is 10.1. The van der Waals surface area contributed by atoms with Gasteiger partial charge in [-0.25, -0.2) is 15.8 Å². The van der Waals surface area contributed by atoms with Crippen LogP contribution in [-0.4, -0.2) is 9.97 Å². The first-order valence-electron chi connectivity index (χ1n) is 5.80. The Bertz CT molecular complexity index is 598. The van der Waals surface area contributed by atoms with Crippen LogP contribution in [0.4, 0.5) is 5.82 Å². The van der Waals surface area contributed by atoms with Crippen LogP contribution in [0.1, 0.15) is 36.0 Å². The molecule has 1 fully saturated rings. The first kappa shape index (κ1) is 10.9. The molecular weight excluding hydrogens is 232 g/mol. The smallest absolute Gasteiger partial charge is 0.152 e. The van der Waals surface area contributed by atoms with Gasteiger partial charge in [0.2, 0.25) is 0 Å². The van der Waals surface area contributed by atoms with Crippen molar-refractivity contribution in [3.63, 3.8) is 0 Å². The van der Waals surface area contributed by atoms with Gasteiger partial charge in [-0.15, -0.1) is 11.3 Å². The number of hydrogen-bond acceptors (Lipinski definition) is 5. The summed E-state index contributed by atoms with van der Waals surface area (Å²) in [6.07, 6.45) is 2.34. The highest BCUT2D eigenvalue weighted by atomic mass is 32.1. The van der Waals surface area contributed by atoms with Crippen LogP contribution in [0, 0.1) is 13.8 Å². The van der Waals surface area contributed by atoms with Crippen LogP contribution >= 0.6 is 11.3 Å². The van der Waals surface area contributed by atoms with Gasteiger partial charge >= 0.3 is 0 Å². The molecule has 3 N–H and O–H groups in total. The highest BCUT2D eigenvalue weighted by Crippen LogP contribution is 2.47. The maximum absolute atomic E-state index is 5.59. The second kappa shape index (κ2) is 3.40. The van der Waals surface area contributed by atoms with Crippen molar-refractivity contribution in [2.24, 2.45) is 5.84 Å². The minimum atomic E-state index is 0.172. The van der Waals surface area contributed by atoms with Gasteiger partial charge in [-0.1, -0.05) is 6.92 Å². The average Bonchev–Trinajstić information content (AvgIpc) is 2.99. The summed E-state index contributed by atoms with van der Waals surface area (Å²) in [5, 5.41) is 1.07. The zero-order valence-corrected chi connectivity index (χ0v) is 11.1. The predicted octanol–water partition coefficient (Wildman–Crippen LogP) is 2.65. The van der Waals surface area contributed by atoms with E-state index >= 15 is 0 Å². The molecule has 0 aromatic carbocycles. The molecule has 0 radical (unpaired) electrons. The lowest BCUT2D eigenvalue weighted by Crippen LogP contribution is -2.14. The average molecular weight is 248 g/mol.